The molecule has 0 aliphatic rings. The summed E-state index contributed by atoms with van der Waals surface area (Å²) in [5.41, 5.74) is 2.84. The van der Waals surface area contributed by atoms with Crippen LogP contribution in [0.25, 0.3) is 0 Å². The number of carbonyl (C=O) groups is 1. The van der Waals surface area contributed by atoms with Gasteiger partial charge in [-0.2, -0.15) is 0 Å². The van der Waals surface area contributed by atoms with Gasteiger partial charge in [0, 0.05) is 31.4 Å². The summed E-state index contributed by atoms with van der Waals surface area (Å²) < 4.78 is 9.96. The van der Waals surface area contributed by atoms with Crippen LogP contribution in [0.3, 0.4) is 0 Å². The lowest BCUT2D eigenvalue weighted by Gasteiger charge is -2.03. The summed E-state index contributed by atoms with van der Waals surface area (Å²) in [7, 11) is 1.62. The molecule has 5 heteroatoms. The topological polar surface area (TPSA) is 48.4 Å². The van der Waals surface area contributed by atoms with Crippen molar-refractivity contribution in [2.45, 2.75) is 26.2 Å². The summed E-state index contributed by atoms with van der Waals surface area (Å²) in [4.78, 5) is 16.6. The monoisotopic (exact) mass is 243 g/mol. The Balaban J connectivity index is 2.11. The molecular formula is C11H17NO3S. The number of hydrogen-bond acceptors (Lipinski definition) is 5. The number of nitrogens with zero attached hydrogens (tertiary/aromatic N) is 1. The number of rotatable bonds is 7. The van der Waals surface area contributed by atoms with Gasteiger partial charge < -0.3 is 9.47 Å². The zero-order valence-electron chi connectivity index (χ0n) is 9.69. The van der Waals surface area contributed by atoms with E-state index in [2.05, 4.69) is 4.98 Å². The Labute approximate surface area is 99.6 Å². The van der Waals surface area contributed by atoms with Crippen molar-refractivity contribution in [1.82, 2.24) is 4.98 Å². The molecule has 0 unspecified atom stereocenters. The Morgan fingerprint density at radius 2 is 2.31 bits per heavy atom. The molecule has 0 saturated carbocycles. The van der Waals surface area contributed by atoms with Gasteiger partial charge in [-0.25, -0.2) is 4.98 Å². The molecule has 1 aromatic rings. The van der Waals surface area contributed by atoms with Crippen LogP contribution in [0.5, 0.6) is 0 Å². The van der Waals surface area contributed by atoms with Crippen LogP contribution in [0.4, 0.5) is 0 Å². The molecule has 0 radical (unpaired) electrons. The van der Waals surface area contributed by atoms with E-state index in [0.29, 0.717) is 19.6 Å². The highest BCUT2D eigenvalue weighted by molar-refractivity contribution is 7.09. The number of aromatic nitrogens is 1. The lowest BCUT2D eigenvalue weighted by molar-refractivity contribution is -0.143. The minimum Gasteiger partial charge on any atom is -0.465 e. The first-order valence-electron chi connectivity index (χ1n) is 5.27. The Morgan fingerprint density at radius 1 is 1.50 bits per heavy atom. The number of carbonyl (C=O) groups excluding carboxylic acids is 1. The SMILES string of the molecule is COCCCC(=O)OCCc1scnc1C. The Morgan fingerprint density at radius 3 is 2.94 bits per heavy atom. The molecule has 0 bridgehead atoms. The first-order valence-corrected chi connectivity index (χ1v) is 6.15. The van der Waals surface area contributed by atoms with Gasteiger partial charge in [-0.3, -0.25) is 4.79 Å². The predicted molar refractivity (Wildman–Crippen MR) is 62.6 cm³/mol. The van der Waals surface area contributed by atoms with E-state index in [1.165, 1.54) is 4.88 Å². The van der Waals surface area contributed by atoms with Crippen LogP contribution in [-0.4, -0.2) is 31.3 Å². The van der Waals surface area contributed by atoms with E-state index in [1.807, 2.05) is 12.4 Å². The van der Waals surface area contributed by atoms with Gasteiger partial charge in [0.1, 0.15) is 0 Å². The molecule has 4 nitrogen and oxygen atoms in total. The summed E-state index contributed by atoms with van der Waals surface area (Å²) in [6.07, 6.45) is 1.90. The van der Waals surface area contributed by atoms with Gasteiger partial charge in [0.15, 0.2) is 0 Å². The van der Waals surface area contributed by atoms with E-state index < -0.39 is 0 Å². The van der Waals surface area contributed by atoms with Crippen molar-refractivity contribution >= 4 is 17.3 Å². The maximum absolute atomic E-state index is 11.2. The van der Waals surface area contributed by atoms with Crippen LogP contribution >= 0.6 is 11.3 Å². The molecule has 0 aliphatic heterocycles. The minimum absolute atomic E-state index is 0.154. The Bertz CT molecular complexity index is 325. The van der Waals surface area contributed by atoms with Gasteiger partial charge >= 0.3 is 5.97 Å². The first-order chi connectivity index (χ1) is 7.74. The number of methoxy groups -OCH3 is 1. The summed E-state index contributed by atoms with van der Waals surface area (Å²) in [5.74, 6) is -0.154. The second-order valence-corrected chi connectivity index (χ2v) is 4.37. The van der Waals surface area contributed by atoms with Crippen molar-refractivity contribution in [3.8, 4) is 0 Å². The summed E-state index contributed by atoms with van der Waals surface area (Å²) in [6, 6.07) is 0. The molecule has 0 amide bonds. The van der Waals surface area contributed by atoms with Gasteiger partial charge in [0.25, 0.3) is 0 Å². The van der Waals surface area contributed by atoms with Crippen molar-refractivity contribution in [3.05, 3.63) is 16.1 Å². The third-order valence-electron chi connectivity index (χ3n) is 2.17. The van der Waals surface area contributed by atoms with Gasteiger partial charge in [0.05, 0.1) is 17.8 Å². The fraction of sp³-hybridized carbons (Fsp3) is 0.636. The molecule has 0 spiro atoms. The minimum atomic E-state index is -0.154. The second kappa shape index (κ2) is 7.35. The van der Waals surface area contributed by atoms with Crippen molar-refractivity contribution < 1.29 is 14.3 Å². The van der Waals surface area contributed by atoms with Crippen molar-refractivity contribution in [2.75, 3.05) is 20.3 Å². The van der Waals surface area contributed by atoms with E-state index in [0.717, 1.165) is 18.5 Å². The summed E-state index contributed by atoms with van der Waals surface area (Å²) >= 11 is 1.60. The molecular weight excluding hydrogens is 226 g/mol. The molecule has 1 aromatic heterocycles. The van der Waals surface area contributed by atoms with E-state index in [-0.39, 0.29) is 5.97 Å². The maximum atomic E-state index is 11.2. The van der Waals surface area contributed by atoms with E-state index in [9.17, 15) is 4.79 Å². The zero-order chi connectivity index (χ0) is 11.8. The van der Waals surface area contributed by atoms with Crippen LogP contribution in [0, 0.1) is 6.92 Å². The molecule has 0 aromatic carbocycles. The largest absolute Gasteiger partial charge is 0.465 e. The third kappa shape index (κ3) is 4.72. The lowest BCUT2D eigenvalue weighted by atomic mass is 10.3. The third-order valence-corrected chi connectivity index (χ3v) is 3.16. The van der Waals surface area contributed by atoms with Gasteiger partial charge in [-0.15, -0.1) is 11.3 Å². The molecule has 0 atom stereocenters. The molecule has 0 fully saturated rings. The van der Waals surface area contributed by atoms with Gasteiger partial charge in [0.2, 0.25) is 0 Å². The van der Waals surface area contributed by atoms with Crippen molar-refractivity contribution in [3.63, 3.8) is 0 Å². The Hall–Kier alpha value is -0.940. The average Bonchev–Trinajstić information content (AvgIpc) is 2.65. The summed E-state index contributed by atoms with van der Waals surface area (Å²) in [5, 5.41) is 0. The summed E-state index contributed by atoms with van der Waals surface area (Å²) in [6.45, 7) is 3.00. The average molecular weight is 243 g/mol. The number of ether oxygens (including phenoxy) is 2. The molecule has 1 rings (SSSR count). The smallest absolute Gasteiger partial charge is 0.305 e. The lowest BCUT2D eigenvalue weighted by Crippen LogP contribution is -2.08. The van der Waals surface area contributed by atoms with E-state index >= 15 is 0 Å². The van der Waals surface area contributed by atoms with Crippen molar-refractivity contribution in [1.29, 1.82) is 0 Å². The number of esters is 1. The highest BCUT2D eigenvalue weighted by atomic mass is 32.1. The van der Waals surface area contributed by atoms with E-state index in [1.54, 1.807) is 18.4 Å². The van der Waals surface area contributed by atoms with Crippen LogP contribution in [-0.2, 0) is 20.7 Å². The first kappa shape index (κ1) is 13.1. The highest BCUT2D eigenvalue weighted by Crippen LogP contribution is 2.12. The quantitative estimate of drug-likeness (QED) is 0.542. The fourth-order valence-electron chi connectivity index (χ4n) is 1.26. The van der Waals surface area contributed by atoms with Crippen molar-refractivity contribution in [2.24, 2.45) is 0 Å². The molecule has 0 N–H and O–H groups in total. The van der Waals surface area contributed by atoms with Crippen LogP contribution in [0.2, 0.25) is 0 Å². The maximum Gasteiger partial charge on any atom is 0.305 e. The molecule has 0 saturated heterocycles. The van der Waals surface area contributed by atoms with E-state index in [4.69, 9.17) is 9.47 Å². The van der Waals surface area contributed by atoms with Crippen LogP contribution in [0.15, 0.2) is 5.51 Å². The predicted octanol–water partition coefficient (Wildman–Crippen LogP) is 1.96. The second-order valence-electron chi connectivity index (χ2n) is 3.43. The molecule has 16 heavy (non-hydrogen) atoms. The number of hydrogen-bond donors (Lipinski definition) is 0. The number of aryl methyl sites for hydroxylation is 1. The van der Waals surface area contributed by atoms with Gasteiger partial charge in [-0.1, -0.05) is 0 Å². The van der Waals surface area contributed by atoms with Crippen LogP contribution in [0.1, 0.15) is 23.4 Å². The van der Waals surface area contributed by atoms with Crippen LogP contribution < -0.4 is 0 Å². The molecule has 90 valence electrons. The molecule has 0 aliphatic carbocycles. The molecule has 1 heterocycles. The standard InChI is InChI=1S/C11H17NO3S/c1-9-10(16-8-12-9)5-7-15-11(13)4-3-6-14-2/h8H,3-7H2,1-2H3. The fourth-order valence-corrected chi connectivity index (χ4v) is 2.02. The normalized spacial score (nSPS) is 10.4. The van der Waals surface area contributed by atoms with Gasteiger partial charge in [-0.05, 0) is 13.3 Å². The number of thiazole rings is 1. The zero-order valence-corrected chi connectivity index (χ0v) is 10.5. The highest BCUT2D eigenvalue weighted by Gasteiger charge is 2.05. The Kier molecular flexibility index (Phi) is 6.03.